The minimum Gasteiger partial charge on any atom is -0.370 e. The van der Waals surface area contributed by atoms with Crippen molar-refractivity contribution >= 4 is 63.2 Å². The average Bonchev–Trinajstić information content (AvgIpc) is 4.01. The van der Waals surface area contributed by atoms with Crippen LogP contribution in [0.1, 0.15) is 113 Å². The van der Waals surface area contributed by atoms with Crippen LogP contribution in [0.25, 0.3) is 11.3 Å². The first-order valence-corrected chi connectivity index (χ1v) is 24.2. The van der Waals surface area contributed by atoms with Crippen LogP contribution in [0.5, 0.6) is 0 Å². The normalized spacial score (nSPS) is 10.7. The minimum atomic E-state index is -0.509. The fourth-order valence-corrected chi connectivity index (χ4v) is 7.14. The highest BCUT2D eigenvalue weighted by molar-refractivity contribution is 6.66. The van der Waals surface area contributed by atoms with Gasteiger partial charge < -0.3 is 27.0 Å². The first-order valence-electron chi connectivity index (χ1n) is 23.8. The van der Waals surface area contributed by atoms with Gasteiger partial charge in [-0.05, 0) is 85.0 Å². The lowest BCUT2D eigenvalue weighted by molar-refractivity contribution is -0.138. The van der Waals surface area contributed by atoms with Gasteiger partial charge in [0.25, 0.3) is 11.8 Å². The third-order valence-electron chi connectivity index (χ3n) is 11.0. The zero-order valence-corrected chi connectivity index (χ0v) is 41.6. The molecule has 16 heteroatoms. The van der Waals surface area contributed by atoms with Gasteiger partial charge >= 0.3 is 0 Å². The molecule has 0 spiro atoms. The van der Waals surface area contributed by atoms with Crippen LogP contribution in [0, 0.1) is 0 Å². The van der Waals surface area contributed by atoms with E-state index in [1.165, 1.54) is 28.9 Å². The van der Waals surface area contributed by atoms with Crippen LogP contribution in [0.3, 0.4) is 0 Å². The third-order valence-corrected chi connectivity index (χ3v) is 11.1. The Labute approximate surface area is 412 Å². The van der Waals surface area contributed by atoms with Crippen LogP contribution < -0.4 is 27.0 Å². The maximum atomic E-state index is 11.8. The van der Waals surface area contributed by atoms with Crippen molar-refractivity contribution in [3.8, 4) is 0 Å². The number of amides is 2. The average molecular weight is 960 g/mol. The topological polar surface area (TPSA) is 189 Å². The van der Waals surface area contributed by atoms with Crippen molar-refractivity contribution < 1.29 is 14.4 Å². The van der Waals surface area contributed by atoms with Crippen molar-refractivity contribution in [1.29, 1.82) is 0 Å². The maximum Gasteiger partial charge on any atom is 0.252 e. The van der Waals surface area contributed by atoms with Gasteiger partial charge in [-0.25, -0.2) is 9.97 Å². The Kier molecular flexibility index (Phi) is 23.7. The Hall–Kier alpha value is -6.84. The monoisotopic (exact) mass is 959 g/mol. The van der Waals surface area contributed by atoms with E-state index in [1.54, 1.807) is 0 Å². The summed E-state index contributed by atoms with van der Waals surface area (Å²) in [6.45, 7) is 22.9. The van der Waals surface area contributed by atoms with Gasteiger partial charge in [0.15, 0.2) is 11.3 Å². The molecule has 0 aliphatic carbocycles. The Morgan fingerprint density at radius 2 is 1.03 bits per heavy atom. The highest BCUT2D eigenvalue weighted by Crippen LogP contribution is 2.26. The van der Waals surface area contributed by atoms with Crippen molar-refractivity contribution in [2.45, 2.75) is 104 Å². The van der Waals surface area contributed by atoms with Gasteiger partial charge in [-0.1, -0.05) is 134 Å². The van der Waals surface area contributed by atoms with Crippen molar-refractivity contribution in [1.82, 2.24) is 34.1 Å². The summed E-state index contributed by atoms with van der Waals surface area (Å²) in [6, 6.07) is 24.7. The fraction of sp³-hybridized carbons (Fsp3) is 0.377. The van der Waals surface area contributed by atoms with Gasteiger partial charge in [0, 0.05) is 56.0 Å². The molecule has 0 aliphatic heterocycles. The number of imide groups is 1. The second kappa shape index (κ2) is 29.8. The van der Waals surface area contributed by atoms with Crippen LogP contribution in [0.4, 0.5) is 23.3 Å². The molecule has 0 bridgehead atoms. The molecule has 2 amide bonds. The molecular formula is C53H71ClN12O3. The molecule has 6 aromatic rings. The number of aromatic nitrogens is 6. The number of fused-ring (bicyclic) bond motifs is 2. The number of rotatable bonds is 26. The number of halogens is 1. The van der Waals surface area contributed by atoms with Gasteiger partial charge in [-0.15, -0.1) is 0 Å². The molecule has 0 saturated carbocycles. The first-order chi connectivity index (χ1) is 33.4. The van der Waals surface area contributed by atoms with E-state index in [0.29, 0.717) is 24.9 Å². The third kappa shape index (κ3) is 18.0. The number of nitrogens with zero attached hydrogens (tertiary/aromatic N) is 7. The summed E-state index contributed by atoms with van der Waals surface area (Å²) in [5, 5.41) is 22.6. The summed E-state index contributed by atoms with van der Waals surface area (Å²) in [4.78, 5) is 44.0. The molecule has 4 heterocycles. The number of anilines is 4. The van der Waals surface area contributed by atoms with Crippen molar-refractivity contribution in [3.63, 3.8) is 0 Å². The quantitative estimate of drug-likeness (QED) is 0.0197. The van der Waals surface area contributed by atoms with E-state index in [1.807, 2.05) is 57.8 Å². The summed E-state index contributed by atoms with van der Waals surface area (Å²) in [5.74, 6) is 3.44. The summed E-state index contributed by atoms with van der Waals surface area (Å²) in [5.41, 5.74) is 12.0. The molecule has 4 aromatic heterocycles. The van der Waals surface area contributed by atoms with E-state index in [-0.39, 0.29) is 11.8 Å². The Bertz CT molecular complexity index is 2520. The van der Waals surface area contributed by atoms with Crippen LogP contribution >= 0.6 is 11.6 Å². The molecule has 0 aliphatic rings. The largest absolute Gasteiger partial charge is 0.370 e. The minimum absolute atomic E-state index is 0.313. The summed E-state index contributed by atoms with van der Waals surface area (Å²) in [7, 11) is 0. The van der Waals surface area contributed by atoms with Crippen molar-refractivity contribution in [2.24, 2.45) is 5.73 Å². The smallest absolute Gasteiger partial charge is 0.252 e. The van der Waals surface area contributed by atoms with Crippen LogP contribution in [-0.2, 0) is 27.5 Å². The number of carbonyl (C=O) groups is 3. The van der Waals surface area contributed by atoms with E-state index in [9.17, 15) is 14.4 Å². The second-order valence-corrected chi connectivity index (χ2v) is 17.3. The summed E-state index contributed by atoms with van der Waals surface area (Å²) >= 11 is 4.71. The Morgan fingerprint density at radius 3 is 1.41 bits per heavy atom. The lowest BCUT2D eigenvalue weighted by atomic mass is 10.1. The van der Waals surface area contributed by atoms with E-state index in [2.05, 4.69) is 115 Å². The lowest BCUT2D eigenvalue weighted by Gasteiger charge is -2.17. The molecule has 6 rings (SSSR count). The van der Waals surface area contributed by atoms with Gasteiger partial charge in [-0.2, -0.15) is 19.2 Å². The van der Waals surface area contributed by atoms with Crippen molar-refractivity contribution in [3.05, 3.63) is 145 Å². The number of unbranched alkanes of at least 4 members (excludes halogenated alkanes) is 6. The molecule has 0 atom stereocenters. The molecule has 368 valence electrons. The summed E-state index contributed by atoms with van der Waals surface area (Å²) in [6.07, 6.45) is 15.3. The zero-order valence-electron chi connectivity index (χ0n) is 40.8. The molecule has 2 aromatic carbocycles. The molecule has 0 radical (unpaired) electrons. The van der Waals surface area contributed by atoms with E-state index in [4.69, 9.17) is 27.3 Å². The molecule has 15 nitrogen and oxygen atoms in total. The fourth-order valence-electron chi connectivity index (χ4n) is 7.14. The van der Waals surface area contributed by atoms with Gasteiger partial charge in [0.05, 0.1) is 12.4 Å². The van der Waals surface area contributed by atoms with E-state index in [0.717, 1.165) is 129 Å². The molecule has 69 heavy (non-hydrogen) atoms. The van der Waals surface area contributed by atoms with Crippen LogP contribution in [-0.4, -0.2) is 77.3 Å². The predicted octanol–water partition coefficient (Wildman–Crippen LogP) is 10.5. The second-order valence-electron chi connectivity index (χ2n) is 16.9. The zero-order chi connectivity index (χ0) is 50.0. The molecule has 0 unspecified atom stereocenters. The highest BCUT2D eigenvalue weighted by Gasteiger charge is 2.17. The van der Waals surface area contributed by atoms with Gasteiger partial charge in [-0.3, -0.25) is 19.3 Å². The Balaban J connectivity index is 0.000000280. The Morgan fingerprint density at radius 1 is 0.623 bits per heavy atom. The van der Waals surface area contributed by atoms with Gasteiger partial charge in [0.1, 0.15) is 23.3 Å². The number of benzene rings is 2. The number of nitrogens with one attached hydrogen (secondary N) is 4. The molecule has 0 fully saturated rings. The number of hydrogen-bond donors (Lipinski definition) is 5. The predicted molar refractivity (Wildman–Crippen MR) is 283 cm³/mol. The van der Waals surface area contributed by atoms with Crippen molar-refractivity contribution in [2.75, 3.05) is 47.4 Å². The standard InChI is InChI=1S/C28H36N6O2.C22H32N6.C3H3ClO/c1-5-26(35)33(27(36)6-2)17-13-8-7-12-16-29-24-18-25(30-19-22-14-10-9-11-15-22)34-28(32-24)23(20-31-34)21(3)4;1-17(2)19-16-26-28-21(25-15-18-10-6-5-7-11-18)14-20(27-22(19)28)24-13-9-4-3-8-12-23;1-2-3(4)5/h5-6,9-11,14-15,18,20-21,30H,1-2,7-8,12-13,16-17,19H2,3-4H3,(H,29,32);5-7,10-11,14,16-17,25H,3-4,8-9,12-13,15,23H2,1-2H3,(H,24,27);2H,1H2. The first kappa shape index (κ1) is 54.8. The van der Waals surface area contributed by atoms with Crippen LogP contribution in [0.2, 0.25) is 0 Å². The molecule has 6 N–H and O–H groups in total. The van der Waals surface area contributed by atoms with E-state index < -0.39 is 5.24 Å². The lowest BCUT2D eigenvalue weighted by Crippen LogP contribution is -2.35. The number of carbonyl (C=O) groups excluding carboxylic acids is 3. The van der Waals surface area contributed by atoms with Crippen LogP contribution in [0.15, 0.2) is 123 Å². The SMILES string of the molecule is C=CC(=O)Cl.C=CC(=O)N(CCCCCCNc1cc(NCc2ccccc2)n2ncc(C(C)C)c2n1)C(=O)C=C.CC(C)c1cnn2c(NCc3ccccc3)cc(NCCCCCCN)nc12. The maximum absolute atomic E-state index is 11.8. The molecule has 0 saturated heterocycles. The summed E-state index contributed by atoms with van der Waals surface area (Å²) < 4.78 is 3.77. The van der Waals surface area contributed by atoms with E-state index >= 15 is 0 Å². The highest BCUT2D eigenvalue weighted by atomic mass is 35.5. The molecular weight excluding hydrogens is 888 g/mol. The number of hydrogen-bond acceptors (Lipinski definition) is 12. The van der Waals surface area contributed by atoms with Gasteiger partial charge in [0.2, 0.25) is 5.24 Å². The number of allylic oxidation sites excluding steroid dienone is 1. The number of nitrogens with two attached hydrogens (primary N) is 1.